The fourth-order valence-corrected chi connectivity index (χ4v) is 2.85. The van der Waals surface area contributed by atoms with Crippen LogP contribution in [0.5, 0.6) is 0 Å². The van der Waals surface area contributed by atoms with E-state index >= 15 is 0 Å². The molecule has 0 aliphatic heterocycles. The third-order valence-electron chi connectivity index (χ3n) is 3.98. The van der Waals surface area contributed by atoms with Gasteiger partial charge in [-0.25, -0.2) is 0 Å². The Morgan fingerprint density at radius 3 is 2.64 bits per heavy atom. The number of carbonyl (C=O) groups excluding carboxylic acids is 1. The Kier molecular flexibility index (Phi) is 4.51. The van der Waals surface area contributed by atoms with E-state index in [1.807, 2.05) is 48.5 Å². The van der Waals surface area contributed by atoms with Crippen molar-refractivity contribution in [2.45, 2.75) is 25.1 Å². The molecule has 114 valence electrons. The summed E-state index contributed by atoms with van der Waals surface area (Å²) in [6.07, 6.45) is 0.780. The van der Waals surface area contributed by atoms with Gasteiger partial charge < -0.3 is 15.8 Å². The third kappa shape index (κ3) is 3.35. The molecule has 1 aliphatic rings. The lowest BCUT2D eigenvalue weighted by atomic mass is 10.1. The van der Waals surface area contributed by atoms with Crippen molar-refractivity contribution < 1.29 is 9.53 Å². The van der Waals surface area contributed by atoms with Gasteiger partial charge in [0.1, 0.15) is 6.61 Å². The molecule has 0 aromatic heterocycles. The highest BCUT2D eigenvalue weighted by Gasteiger charge is 2.30. The zero-order valence-electron chi connectivity index (χ0n) is 12.4. The molecular formula is C18H20N2O2. The lowest BCUT2D eigenvalue weighted by Gasteiger charge is -2.18. The Hall–Kier alpha value is -2.17. The Labute approximate surface area is 130 Å². The number of benzene rings is 2. The topological polar surface area (TPSA) is 64.3 Å². The maximum absolute atomic E-state index is 12.0. The normalized spacial score (nSPS) is 19.7. The number of hydrogen-bond acceptors (Lipinski definition) is 3. The molecule has 0 fully saturated rings. The van der Waals surface area contributed by atoms with Crippen LogP contribution < -0.4 is 11.1 Å². The molecule has 4 heteroatoms. The zero-order valence-corrected chi connectivity index (χ0v) is 12.4. The molecule has 0 unspecified atom stereocenters. The SMILES string of the molecule is N[C@@H]1c2ccccc2C[C@H]1NC(=O)COCc1ccccc1. The van der Waals surface area contributed by atoms with Gasteiger partial charge in [-0.05, 0) is 23.1 Å². The summed E-state index contributed by atoms with van der Waals surface area (Å²) in [5.74, 6) is -0.121. The third-order valence-corrected chi connectivity index (χ3v) is 3.98. The second-order valence-electron chi connectivity index (χ2n) is 5.58. The van der Waals surface area contributed by atoms with Gasteiger partial charge in [-0.15, -0.1) is 0 Å². The first-order valence-corrected chi connectivity index (χ1v) is 7.48. The average Bonchev–Trinajstić information content (AvgIpc) is 2.85. The van der Waals surface area contributed by atoms with Gasteiger partial charge in [-0.2, -0.15) is 0 Å². The second-order valence-corrected chi connectivity index (χ2v) is 5.58. The lowest BCUT2D eigenvalue weighted by molar-refractivity contribution is -0.126. The summed E-state index contributed by atoms with van der Waals surface area (Å²) in [7, 11) is 0. The molecule has 1 aliphatic carbocycles. The van der Waals surface area contributed by atoms with Crippen LogP contribution in [0.1, 0.15) is 22.7 Å². The molecule has 0 heterocycles. The smallest absolute Gasteiger partial charge is 0.246 e. The average molecular weight is 296 g/mol. The van der Waals surface area contributed by atoms with Crippen LogP contribution in [-0.2, 0) is 22.6 Å². The van der Waals surface area contributed by atoms with Gasteiger partial charge in [-0.3, -0.25) is 4.79 Å². The Morgan fingerprint density at radius 2 is 1.86 bits per heavy atom. The molecule has 22 heavy (non-hydrogen) atoms. The number of rotatable bonds is 5. The van der Waals surface area contributed by atoms with Gasteiger partial charge >= 0.3 is 0 Å². The van der Waals surface area contributed by atoms with Gasteiger partial charge in [0.25, 0.3) is 0 Å². The molecule has 0 saturated carbocycles. The van der Waals surface area contributed by atoms with Gasteiger partial charge in [0.15, 0.2) is 0 Å². The van der Waals surface area contributed by atoms with E-state index in [9.17, 15) is 4.79 Å². The highest BCUT2D eigenvalue weighted by molar-refractivity contribution is 5.77. The van der Waals surface area contributed by atoms with Crippen LogP contribution in [0.15, 0.2) is 54.6 Å². The maximum Gasteiger partial charge on any atom is 0.246 e. The molecule has 2 aromatic rings. The minimum atomic E-state index is -0.144. The number of nitrogens with one attached hydrogen (secondary N) is 1. The summed E-state index contributed by atoms with van der Waals surface area (Å²) >= 11 is 0. The van der Waals surface area contributed by atoms with Crippen LogP contribution >= 0.6 is 0 Å². The van der Waals surface area contributed by atoms with E-state index in [1.54, 1.807) is 0 Å². The molecular weight excluding hydrogens is 276 g/mol. The standard InChI is InChI=1S/C18H20N2O2/c19-18-15-9-5-4-8-14(15)10-16(18)20-17(21)12-22-11-13-6-2-1-3-7-13/h1-9,16,18H,10-12,19H2,(H,20,21)/t16-,18-/m1/s1. The summed E-state index contributed by atoms with van der Waals surface area (Å²) in [5.41, 5.74) is 9.60. The number of carbonyl (C=O) groups is 1. The van der Waals surface area contributed by atoms with Gasteiger partial charge in [0.05, 0.1) is 18.7 Å². The predicted octanol–water partition coefficient (Wildman–Crippen LogP) is 1.94. The molecule has 2 aromatic carbocycles. The number of hydrogen-bond donors (Lipinski definition) is 2. The fourth-order valence-electron chi connectivity index (χ4n) is 2.85. The van der Waals surface area contributed by atoms with Crippen LogP contribution in [0.4, 0.5) is 0 Å². The molecule has 2 atom stereocenters. The lowest BCUT2D eigenvalue weighted by Crippen LogP contribution is -2.42. The monoisotopic (exact) mass is 296 g/mol. The van der Waals surface area contributed by atoms with E-state index < -0.39 is 0 Å². The largest absolute Gasteiger partial charge is 0.367 e. The number of nitrogens with two attached hydrogens (primary N) is 1. The number of ether oxygens (including phenoxy) is 1. The van der Waals surface area contributed by atoms with E-state index in [4.69, 9.17) is 10.5 Å². The van der Waals surface area contributed by atoms with Crippen molar-refractivity contribution >= 4 is 5.91 Å². The van der Waals surface area contributed by atoms with Crippen molar-refractivity contribution in [3.63, 3.8) is 0 Å². The van der Waals surface area contributed by atoms with E-state index in [1.165, 1.54) is 5.56 Å². The van der Waals surface area contributed by atoms with Gasteiger partial charge in [-0.1, -0.05) is 54.6 Å². The van der Waals surface area contributed by atoms with Gasteiger partial charge in [0, 0.05) is 0 Å². The van der Waals surface area contributed by atoms with Crippen molar-refractivity contribution in [3.05, 3.63) is 71.3 Å². The zero-order chi connectivity index (χ0) is 15.4. The summed E-state index contributed by atoms with van der Waals surface area (Å²) in [5, 5.41) is 2.97. The maximum atomic E-state index is 12.0. The quantitative estimate of drug-likeness (QED) is 0.886. The van der Waals surface area contributed by atoms with Crippen molar-refractivity contribution in [2.75, 3.05) is 6.61 Å². The van der Waals surface area contributed by atoms with Crippen molar-refractivity contribution in [1.82, 2.24) is 5.32 Å². The van der Waals surface area contributed by atoms with Crippen LogP contribution in [0.25, 0.3) is 0 Å². The number of fused-ring (bicyclic) bond motifs is 1. The number of amides is 1. The summed E-state index contributed by atoms with van der Waals surface area (Å²) in [6.45, 7) is 0.486. The first kappa shape index (κ1) is 14.8. The molecule has 0 spiro atoms. The van der Waals surface area contributed by atoms with E-state index in [0.717, 1.165) is 17.5 Å². The van der Waals surface area contributed by atoms with E-state index in [2.05, 4.69) is 11.4 Å². The molecule has 0 bridgehead atoms. The molecule has 1 amide bonds. The van der Waals surface area contributed by atoms with Crippen LogP contribution in [0.2, 0.25) is 0 Å². The van der Waals surface area contributed by atoms with Gasteiger partial charge in [0.2, 0.25) is 5.91 Å². The van der Waals surface area contributed by atoms with Crippen LogP contribution in [0.3, 0.4) is 0 Å². The first-order valence-electron chi connectivity index (χ1n) is 7.48. The minimum absolute atomic E-state index is 0.0501. The van der Waals surface area contributed by atoms with E-state index in [-0.39, 0.29) is 24.6 Å². The van der Waals surface area contributed by atoms with Crippen molar-refractivity contribution in [3.8, 4) is 0 Å². The predicted molar refractivity (Wildman–Crippen MR) is 85.1 cm³/mol. The van der Waals surface area contributed by atoms with Crippen molar-refractivity contribution in [2.24, 2.45) is 5.73 Å². The Morgan fingerprint density at radius 1 is 1.14 bits per heavy atom. The van der Waals surface area contributed by atoms with Crippen molar-refractivity contribution in [1.29, 1.82) is 0 Å². The van der Waals surface area contributed by atoms with Crippen LogP contribution in [-0.4, -0.2) is 18.6 Å². The van der Waals surface area contributed by atoms with E-state index in [0.29, 0.717) is 6.61 Å². The summed E-state index contributed by atoms with van der Waals surface area (Å²) < 4.78 is 5.45. The molecule has 0 radical (unpaired) electrons. The highest BCUT2D eigenvalue weighted by atomic mass is 16.5. The molecule has 0 saturated heterocycles. The fraction of sp³-hybridized carbons (Fsp3) is 0.278. The van der Waals surface area contributed by atoms with Crippen LogP contribution in [0, 0.1) is 0 Å². The summed E-state index contributed by atoms with van der Waals surface area (Å²) in [4.78, 5) is 12.0. The minimum Gasteiger partial charge on any atom is -0.367 e. The molecule has 3 rings (SSSR count). The first-order chi connectivity index (χ1) is 10.7. The summed E-state index contributed by atoms with van der Waals surface area (Å²) in [6, 6.07) is 17.7. The Balaban J connectivity index is 1.47. The Bertz CT molecular complexity index is 643. The molecule has 3 N–H and O–H groups in total. The highest BCUT2D eigenvalue weighted by Crippen LogP contribution is 2.29. The molecule has 4 nitrogen and oxygen atoms in total. The second kappa shape index (κ2) is 6.73.